The number of carbonyl (C=O) groups excluding carboxylic acids is 1. The minimum absolute atomic E-state index is 0.134. The number of carbonyl (C=O) groups is 1. The minimum Gasteiger partial charge on any atom is -0.337 e. The van der Waals surface area contributed by atoms with Crippen LogP contribution >= 0.6 is 0 Å². The van der Waals surface area contributed by atoms with E-state index >= 15 is 0 Å². The Kier molecular flexibility index (Phi) is 3.41. The summed E-state index contributed by atoms with van der Waals surface area (Å²) in [5.41, 5.74) is 2.02. The molecule has 94 valence electrons. The van der Waals surface area contributed by atoms with Crippen LogP contribution in [0.2, 0.25) is 0 Å². The molecule has 1 heterocycles. The Morgan fingerprint density at radius 1 is 1.50 bits per heavy atom. The molecule has 0 aliphatic heterocycles. The van der Waals surface area contributed by atoms with E-state index in [0.29, 0.717) is 12.1 Å². The molecule has 1 N–H and O–H groups in total. The van der Waals surface area contributed by atoms with Gasteiger partial charge in [-0.3, -0.25) is 9.89 Å². The highest BCUT2D eigenvalue weighted by atomic mass is 19.1. The fraction of sp³-hybridized carbons (Fsp3) is 0.231. The Balaban J connectivity index is 2.11. The average molecular weight is 247 g/mol. The number of amides is 1. The zero-order valence-corrected chi connectivity index (χ0v) is 10.3. The lowest BCUT2D eigenvalue weighted by atomic mass is 10.2. The quantitative estimate of drug-likeness (QED) is 0.903. The van der Waals surface area contributed by atoms with Crippen molar-refractivity contribution in [2.24, 2.45) is 0 Å². The number of aromatic amines is 1. The van der Waals surface area contributed by atoms with Gasteiger partial charge in [0.05, 0.1) is 11.8 Å². The number of nitrogens with zero attached hydrogens (tertiary/aromatic N) is 2. The first kappa shape index (κ1) is 12.3. The molecule has 0 fully saturated rings. The summed E-state index contributed by atoms with van der Waals surface area (Å²) in [6.07, 6.45) is 1.50. The third-order valence-corrected chi connectivity index (χ3v) is 2.72. The van der Waals surface area contributed by atoms with Crippen LogP contribution in [0.15, 0.2) is 30.5 Å². The fourth-order valence-electron chi connectivity index (χ4n) is 1.75. The summed E-state index contributed by atoms with van der Waals surface area (Å²) in [7, 11) is 1.68. The molecule has 0 aliphatic carbocycles. The molecule has 0 unspecified atom stereocenters. The Morgan fingerprint density at radius 2 is 2.28 bits per heavy atom. The number of H-pyrrole nitrogens is 1. The molecule has 5 heteroatoms. The maximum Gasteiger partial charge on any atom is 0.257 e. The van der Waals surface area contributed by atoms with Crippen LogP contribution in [0, 0.1) is 12.7 Å². The van der Waals surface area contributed by atoms with Crippen molar-refractivity contribution in [3.05, 3.63) is 53.1 Å². The molecular formula is C13H14FN3O. The van der Waals surface area contributed by atoms with Crippen molar-refractivity contribution < 1.29 is 9.18 Å². The van der Waals surface area contributed by atoms with Gasteiger partial charge in [-0.25, -0.2) is 4.39 Å². The second-order valence-corrected chi connectivity index (χ2v) is 4.20. The van der Waals surface area contributed by atoms with E-state index in [0.717, 1.165) is 11.3 Å². The maximum absolute atomic E-state index is 13.0. The van der Waals surface area contributed by atoms with Crippen LogP contribution in [0.4, 0.5) is 4.39 Å². The highest BCUT2D eigenvalue weighted by Crippen LogP contribution is 2.11. The second kappa shape index (κ2) is 5.00. The Bertz CT molecular complexity index is 565. The lowest BCUT2D eigenvalue weighted by molar-refractivity contribution is 0.0784. The molecule has 0 radical (unpaired) electrons. The van der Waals surface area contributed by atoms with E-state index in [-0.39, 0.29) is 11.7 Å². The zero-order chi connectivity index (χ0) is 13.1. The van der Waals surface area contributed by atoms with Crippen LogP contribution in [0.1, 0.15) is 21.6 Å². The van der Waals surface area contributed by atoms with Gasteiger partial charge in [0, 0.05) is 19.3 Å². The van der Waals surface area contributed by atoms with Crippen molar-refractivity contribution in [1.29, 1.82) is 0 Å². The topological polar surface area (TPSA) is 49.0 Å². The van der Waals surface area contributed by atoms with E-state index in [1.165, 1.54) is 23.2 Å². The van der Waals surface area contributed by atoms with Crippen LogP contribution in [-0.2, 0) is 6.54 Å². The van der Waals surface area contributed by atoms with Gasteiger partial charge in [-0.1, -0.05) is 12.1 Å². The van der Waals surface area contributed by atoms with Gasteiger partial charge >= 0.3 is 0 Å². The predicted molar refractivity (Wildman–Crippen MR) is 65.5 cm³/mol. The smallest absolute Gasteiger partial charge is 0.257 e. The van der Waals surface area contributed by atoms with Crippen molar-refractivity contribution in [3.63, 3.8) is 0 Å². The molecule has 2 rings (SSSR count). The number of nitrogens with one attached hydrogen (secondary N) is 1. The third kappa shape index (κ3) is 2.56. The first-order valence-electron chi connectivity index (χ1n) is 5.58. The van der Waals surface area contributed by atoms with Crippen molar-refractivity contribution in [1.82, 2.24) is 15.1 Å². The lowest BCUT2D eigenvalue weighted by Crippen LogP contribution is -2.26. The zero-order valence-electron chi connectivity index (χ0n) is 10.3. The highest BCUT2D eigenvalue weighted by molar-refractivity contribution is 5.94. The Hall–Kier alpha value is -2.17. The third-order valence-electron chi connectivity index (χ3n) is 2.72. The van der Waals surface area contributed by atoms with Gasteiger partial charge in [0.15, 0.2) is 0 Å². The van der Waals surface area contributed by atoms with Crippen molar-refractivity contribution >= 4 is 5.91 Å². The summed E-state index contributed by atoms with van der Waals surface area (Å²) in [6.45, 7) is 2.15. The molecule has 1 amide bonds. The first-order chi connectivity index (χ1) is 8.58. The van der Waals surface area contributed by atoms with Gasteiger partial charge in [0.25, 0.3) is 5.91 Å². The predicted octanol–water partition coefficient (Wildman–Crippen LogP) is 2.13. The number of aryl methyl sites for hydroxylation is 1. The summed E-state index contributed by atoms with van der Waals surface area (Å²) in [5, 5.41) is 6.53. The van der Waals surface area contributed by atoms with Gasteiger partial charge in [-0.15, -0.1) is 0 Å². The molecule has 0 aliphatic rings. The molecule has 0 saturated carbocycles. The van der Waals surface area contributed by atoms with E-state index < -0.39 is 0 Å². The Morgan fingerprint density at radius 3 is 2.89 bits per heavy atom. The van der Waals surface area contributed by atoms with E-state index in [1.807, 2.05) is 0 Å². The number of benzene rings is 1. The van der Waals surface area contributed by atoms with Crippen LogP contribution in [0.25, 0.3) is 0 Å². The molecule has 1 aromatic heterocycles. The monoisotopic (exact) mass is 247 g/mol. The minimum atomic E-state index is -0.298. The van der Waals surface area contributed by atoms with Crippen LogP contribution < -0.4 is 0 Å². The van der Waals surface area contributed by atoms with Gasteiger partial charge in [0.1, 0.15) is 5.82 Å². The maximum atomic E-state index is 13.0. The summed E-state index contributed by atoms with van der Waals surface area (Å²) in [6, 6.07) is 6.22. The molecule has 1 aromatic carbocycles. The second-order valence-electron chi connectivity index (χ2n) is 4.20. The number of rotatable bonds is 3. The summed E-state index contributed by atoms with van der Waals surface area (Å²) in [4.78, 5) is 13.6. The standard InChI is InChI=1S/C13H14FN3O/c1-9-12(7-15-16-9)13(18)17(2)8-10-4-3-5-11(14)6-10/h3-7H,8H2,1-2H3,(H,15,16). The number of halogens is 1. The number of hydrogen-bond donors (Lipinski definition) is 1. The fourth-order valence-corrected chi connectivity index (χ4v) is 1.75. The first-order valence-corrected chi connectivity index (χ1v) is 5.58. The average Bonchev–Trinajstić information content (AvgIpc) is 2.74. The van der Waals surface area contributed by atoms with Crippen molar-refractivity contribution in [3.8, 4) is 0 Å². The summed E-state index contributed by atoms with van der Waals surface area (Å²) >= 11 is 0. The molecule has 0 bridgehead atoms. The lowest BCUT2D eigenvalue weighted by Gasteiger charge is -2.16. The molecule has 2 aromatic rings. The van der Waals surface area contributed by atoms with Gasteiger partial charge in [-0.2, -0.15) is 5.10 Å². The Labute approximate surface area is 104 Å². The van der Waals surface area contributed by atoms with Gasteiger partial charge in [-0.05, 0) is 24.6 Å². The van der Waals surface area contributed by atoms with E-state index in [1.54, 1.807) is 26.1 Å². The van der Waals surface area contributed by atoms with Crippen LogP contribution in [-0.4, -0.2) is 28.1 Å². The largest absolute Gasteiger partial charge is 0.337 e. The van der Waals surface area contributed by atoms with Gasteiger partial charge < -0.3 is 4.90 Å². The normalized spacial score (nSPS) is 10.4. The van der Waals surface area contributed by atoms with E-state index in [4.69, 9.17) is 0 Å². The molecule has 4 nitrogen and oxygen atoms in total. The molecule has 0 spiro atoms. The molecule has 18 heavy (non-hydrogen) atoms. The molecule has 0 saturated heterocycles. The van der Waals surface area contributed by atoms with Crippen molar-refractivity contribution in [2.45, 2.75) is 13.5 Å². The van der Waals surface area contributed by atoms with E-state index in [9.17, 15) is 9.18 Å². The summed E-state index contributed by atoms with van der Waals surface area (Å²) < 4.78 is 13.0. The van der Waals surface area contributed by atoms with Crippen molar-refractivity contribution in [2.75, 3.05) is 7.05 Å². The SMILES string of the molecule is Cc1[nH]ncc1C(=O)N(C)Cc1cccc(F)c1. The van der Waals surface area contributed by atoms with Crippen LogP contribution in [0.3, 0.4) is 0 Å². The number of aromatic nitrogens is 2. The van der Waals surface area contributed by atoms with Gasteiger partial charge in [0.2, 0.25) is 0 Å². The highest BCUT2D eigenvalue weighted by Gasteiger charge is 2.15. The molecular weight excluding hydrogens is 233 g/mol. The van der Waals surface area contributed by atoms with Crippen LogP contribution in [0.5, 0.6) is 0 Å². The van der Waals surface area contributed by atoms with E-state index in [2.05, 4.69) is 10.2 Å². The number of hydrogen-bond acceptors (Lipinski definition) is 2. The molecule has 0 atom stereocenters. The summed E-state index contributed by atoms with van der Waals surface area (Å²) in [5.74, 6) is -0.432.